The third-order valence-corrected chi connectivity index (χ3v) is 2.67. The Bertz CT molecular complexity index is 385. The van der Waals surface area contributed by atoms with E-state index in [0.29, 0.717) is 22.3 Å². The third-order valence-electron chi connectivity index (χ3n) is 1.88. The summed E-state index contributed by atoms with van der Waals surface area (Å²) >= 11 is 0.407. The number of nitrogens with two attached hydrogens (primary N) is 1. The molecule has 94 valence electrons. The molecule has 3 nitrogen and oxygen atoms in total. The van der Waals surface area contributed by atoms with E-state index in [1.165, 1.54) is 6.07 Å². The van der Waals surface area contributed by atoms with E-state index >= 15 is 0 Å². The van der Waals surface area contributed by atoms with Gasteiger partial charge >= 0.3 is 0 Å². The molecule has 6 heteroatoms. The summed E-state index contributed by atoms with van der Waals surface area (Å²) in [6, 6.07) is 6.19. The van der Waals surface area contributed by atoms with Crippen LogP contribution in [0.5, 0.6) is 0 Å². The van der Waals surface area contributed by atoms with Gasteiger partial charge in [-0.1, -0.05) is 23.9 Å². The van der Waals surface area contributed by atoms with Crippen LogP contribution in [0.15, 0.2) is 29.2 Å². The van der Waals surface area contributed by atoms with Gasteiger partial charge in [0.2, 0.25) is 5.91 Å². The van der Waals surface area contributed by atoms with Crippen molar-refractivity contribution in [1.82, 2.24) is 0 Å². The van der Waals surface area contributed by atoms with Gasteiger partial charge in [0.15, 0.2) is 0 Å². The number of alkyl halides is 2. The van der Waals surface area contributed by atoms with Gasteiger partial charge in [-0.25, -0.2) is 0 Å². The van der Waals surface area contributed by atoms with Gasteiger partial charge in [0.1, 0.15) is 0 Å². The molecular formula is C11H14F2N2OS. The molecule has 0 radical (unpaired) electrons. The molecule has 0 aliphatic heterocycles. The van der Waals surface area contributed by atoms with Gasteiger partial charge in [0.05, 0.1) is 5.69 Å². The van der Waals surface area contributed by atoms with Gasteiger partial charge in [-0.05, 0) is 19.1 Å². The average Bonchev–Trinajstić information content (AvgIpc) is 2.18. The largest absolute Gasteiger partial charge is 0.327 e. The number of anilines is 1. The van der Waals surface area contributed by atoms with E-state index in [1.54, 1.807) is 25.1 Å². The molecule has 1 unspecified atom stereocenters. The predicted octanol–water partition coefficient (Wildman–Crippen LogP) is 2.68. The maximum Gasteiger partial charge on any atom is 0.288 e. The molecule has 1 atom stereocenters. The molecule has 1 amide bonds. The Morgan fingerprint density at radius 3 is 2.71 bits per heavy atom. The summed E-state index contributed by atoms with van der Waals surface area (Å²) in [6.45, 7) is 1.71. The number of carbonyl (C=O) groups is 1. The number of para-hydroxylation sites is 1. The first-order valence-electron chi connectivity index (χ1n) is 5.08. The first kappa shape index (κ1) is 13.9. The lowest BCUT2D eigenvalue weighted by Crippen LogP contribution is -2.24. The molecule has 0 heterocycles. The minimum Gasteiger partial charge on any atom is -0.327 e. The van der Waals surface area contributed by atoms with Crippen LogP contribution in [0.1, 0.15) is 13.3 Å². The zero-order valence-corrected chi connectivity index (χ0v) is 10.1. The summed E-state index contributed by atoms with van der Waals surface area (Å²) in [5.41, 5.74) is 5.87. The molecule has 1 aromatic rings. The fourth-order valence-electron chi connectivity index (χ4n) is 1.26. The van der Waals surface area contributed by atoms with E-state index in [4.69, 9.17) is 5.73 Å². The van der Waals surface area contributed by atoms with Gasteiger partial charge in [-0.15, -0.1) is 0 Å². The molecular weight excluding hydrogens is 246 g/mol. The number of hydrogen-bond acceptors (Lipinski definition) is 3. The first-order valence-corrected chi connectivity index (χ1v) is 5.96. The third kappa shape index (κ3) is 5.14. The van der Waals surface area contributed by atoms with E-state index in [1.807, 2.05) is 0 Å². The Morgan fingerprint density at radius 2 is 2.12 bits per heavy atom. The Balaban J connectivity index is 2.72. The Kier molecular flexibility index (Phi) is 5.37. The Hall–Kier alpha value is -1.14. The van der Waals surface area contributed by atoms with Crippen molar-refractivity contribution in [3.8, 4) is 0 Å². The number of benzene rings is 1. The Morgan fingerprint density at radius 1 is 1.47 bits per heavy atom. The number of carbonyl (C=O) groups excluding carboxylic acids is 1. The van der Waals surface area contributed by atoms with Crippen molar-refractivity contribution < 1.29 is 13.6 Å². The lowest BCUT2D eigenvalue weighted by Gasteiger charge is -2.11. The normalized spacial score (nSPS) is 12.5. The summed E-state index contributed by atoms with van der Waals surface area (Å²) in [6.07, 6.45) is 0.160. The zero-order chi connectivity index (χ0) is 12.8. The number of nitrogens with one attached hydrogen (secondary N) is 1. The highest BCUT2D eigenvalue weighted by atomic mass is 32.2. The zero-order valence-electron chi connectivity index (χ0n) is 9.32. The van der Waals surface area contributed by atoms with E-state index in [-0.39, 0.29) is 18.4 Å². The lowest BCUT2D eigenvalue weighted by atomic mass is 10.2. The van der Waals surface area contributed by atoms with Crippen molar-refractivity contribution in [1.29, 1.82) is 0 Å². The molecule has 1 aromatic carbocycles. The maximum absolute atomic E-state index is 12.3. The van der Waals surface area contributed by atoms with Crippen molar-refractivity contribution in [3.05, 3.63) is 24.3 Å². The molecule has 0 aliphatic carbocycles. The summed E-state index contributed by atoms with van der Waals surface area (Å²) in [5.74, 6) is -2.79. The van der Waals surface area contributed by atoms with E-state index in [0.717, 1.165) is 0 Å². The molecule has 0 aromatic heterocycles. The topological polar surface area (TPSA) is 55.1 Å². The standard InChI is InChI=1S/C11H14F2N2OS/c1-7(14)6-10(16)15-8-4-2-3-5-9(8)17-11(12)13/h2-5,7,11H,6,14H2,1H3,(H,15,16). The van der Waals surface area contributed by atoms with Crippen LogP contribution >= 0.6 is 11.8 Å². The van der Waals surface area contributed by atoms with Gasteiger partial charge in [0.25, 0.3) is 5.76 Å². The number of rotatable bonds is 5. The SMILES string of the molecule is CC(N)CC(=O)Nc1ccccc1SC(F)F. The van der Waals surface area contributed by atoms with Crippen molar-refractivity contribution in [2.45, 2.75) is 30.0 Å². The highest BCUT2D eigenvalue weighted by molar-refractivity contribution is 7.99. The van der Waals surface area contributed by atoms with Crippen molar-refractivity contribution in [2.75, 3.05) is 5.32 Å². The van der Waals surface area contributed by atoms with Crippen molar-refractivity contribution in [3.63, 3.8) is 0 Å². The first-order chi connectivity index (χ1) is 7.99. The highest BCUT2D eigenvalue weighted by Crippen LogP contribution is 2.31. The molecule has 0 saturated heterocycles. The van der Waals surface area contributed by atoms with E-state index in [2.05, 4.69) is 5.32 Å². The van der Waals surface area contributed by atoms with Crippen LogP contribution in [0.25, 0.3) is 0 Å². The number of hydrogen-bond donors (Lipinski definition) is 2. The van der Waals surface area contributed by atoms with Crippen LogP contribution in [0.4, 0.5) is 14.5 Å². The molecule has 0 aliphatic rings. The summed E-state index contributed by atoms with van der Waals surface area (Å²) in [5, 5.41) is 2.57. The molecule has 0 bridgehead atoms. The van der Waals surface area contributed by atoms with Gasteiger partial charge in [-0.3, -0.25) is 4.79 Å². The van der Waals surface area contributed by atoms with Gasteiger partial charge in [0, 0.05) is 17.4 Å². The molecule has 17 heavy (non-hydrogen) atoms. The van der Waals surface area contributed by atoms with Gasteiger partial charge in [-0.2, -0.15) is 8.78 Å². The monoisotopic (exact) mass is 260 g/mol. The fraction of sp³-hybridized carbons (Fsp3) is 0.364. The minimum atomic E-state index is -2.51. The second kappa shape index (κ2) is 6.56. The summed E-state index contributed by atoms with van der Waals surface area (Å²) < 4.78 is 24.6. The fourth-order valence-corrected chi connectivity index (χ4v) is 1.86. The van der Waals surface area contributed by atoms with E-state index in [9.17, 15) is 13.6 Å². The minimum absolute atomic E-state index is 0.160. The molecule has 0 saturated carbocycles. The molecule has 3 N–H and O–H groups in total. The molecule has 0 fully saturated rings. The molecule has 1 rings (SSSR count). The molecule has 0 spiro atoms. The van der Waals surface area contributed by atoms with Crippen LogP contribution in [0.2, 0.25) is 0 Å². The number of halogens is 2. The van der Waals surface area contributed by atoms with Crippen LogP contribution in [-0.2, 0) is 4.79 Å². The Labute approximate surface area is 103 Å². The van der Waals surface area contributed by atoms with Crippen LogP contribution in [0, 0.1) is 0 Å². The van der Waals surface area contributed by atoms with Crippen LogP contribution in [-0.4, -0.2) is 17.7 Å². The maximum atomic E-state index is 12.3. The smallest absolute Gasteiger partial charge is 0.288 e. The quantitative estimate of drug-likeness (QED) is 0.800. The highest BCUT2D eigenvalue weighted by Gasteiger charge is 2.12. The van der Waals surface area contributed by atoms with Crippen molar-refractivity contribution in [2.24, 2.45) is 5.73 Å². The van der Waals surface area contributed by atoms with Gasteiger partial charge < -0.3 is 11.1 Å². The second-order valence-corrected chi connectivity index (χ2v) is 4.64. The predicted molar refractivity (Wildman–Crippen MR) is 65.2 cm³/mol. The number of amides is 1. The summed E-state index contributed by atoms with van der Waals surface area (Å²) in [4.78, 5) is 11.8. The van der Waals surface area contributed by atoms with Crippen molar-refractivity contribution >= 4 is 23.4 Å². The van der Waals surface area contributed by atoms with E-state index < -0.39 is 5.76 Å². The van der Waals surface area contributed by atoms with Crippen LogP contribution in [0.3, 0.4) is 0 Å². The van der Waals surface area contributed by atoms with Crippen LogP contribution < -0.4 is 11.1 Å². The second-order valence-electron chi connectivity index (χ2n) is 3.60. The lowest BCUT2D eigenvalue weighted by molar-refractivity contribution is -0.116. The average molecular weight is 260 g/mol. The number of thioether (sulfide) groups is 1. The summed E-state index contributed by atoms with van der Waals surface area (Å²) in [7, 11) is 0.